The Kier molecular flexibility index (Phi) is 8.03. The van der Waals surface area contributed by atoms with Crippen LogP contribution in [0.2, 0.25) is 0 Å². The number of hydrogen-bond acceptors (Lipinski definition) is 5. The summed E-state index contributed by atoms with van der Waals surface area (Å²) in [5.41, 5.74) is 0.563. The lowest BCUT2D eigenvalue weighted by Gasteiger charge is -2.32. The topological polar surface area (TPSA) is 67.7 Å². The molecule has 0 aliphatic carbocycles. The standard InChI is InChI=1S/C27H25F5N4O2/c1-16(35-38-20-6-3-5-19(13-20)27(30,31)32)22-15-33-17(2)34-26(22)18-9-11-36(12-10-18)25(37)14-21-23(28)7-4-8-24(21)29/h3-8,13,15,18H,9-12,14H2,1-2H3. The van der Waals surface area contributed by atoms with Gasteiger partial charge in [-0.3, -0.25) is 4.79 Å². The van der Waals surface area contributed by atoms with Gasteiger partial charge in [-0.15, -0.1) is 0 Å². The van der Waals surface area contributed by atoms with E-state index in [1.165, 1.54) is 18.2 Å². The molecule has 4 rings (SSSR count). The van der Waals surface area contributed by atoms with Crippen molar-refractivity contribution < 1.29 is 31.6 Å². The predicted molar refractivity (Wildman–Crippen MR) is 130 cm³/mol. The fourth-order valence-corrected chi connectivity index (χ4v) is 4.34. The summed E-state index contributed by atoms with van der Waals surface area (Å²) in [5, 5.41) is 4.01. The first-order valence-electron chi connectivity index (χ1n) is 12.0. The van der Waals surface area contributed by atoms with Crippen LogP contribution in [0, 0.1) is 18.6 Å². The van der Waals surface area contributed by atoms with Crippen molar-refractivity contribution in [3.05, 3.63) is 88.5 Å². The lowest BCUT2D eigenvalue weighted by molar-refractivity contribution is -0.137. The first kappa shape index (κ1) is 27.2. The van der Waals surface area contributed by atoms with Crippen molar-refractivity contribution in [2.24, 2.45) is 5.16 Å². The third-order valence-corrected chi connectivity index (χ3v) is 6.40. The second kappa shape index (κ2) is 11.2. The second-order valence-electron chi connectivity index (χ2n) is 9.04. The van der Waals surface area contributed by atoms with Crippen molar-refractivity contribution in [1.29, 1.82) is 0 Å². The molecule has 0 bridgehead atoms. The summed E-state index contributed by atoms with van der Waals surface area (Å²) >= 11 is 0. The maximum absolute atomic E-state index is 14.0. The highest BCUT2D eigenvalue weighted by molar-refractivity contribution is 5.99. The number of piperidine rings is 1. The van der Waals surface area contributed by atoms with Crippen LogP contribution in [0.25, 0.3) is 0 Å². The number of rotatable bonds is 6. The number of nitrogens with zero attached hydrogens (tertiary/aromatic N) is 4. The SMILES string of the molecule is CC(=NOc1cccc(C(F)(F)F)c1)c1cnc(C)nc1C1CCN(C(=O)Cc2c(F)cccc2F)CC1. The normalized spacial score (nSPS) is 15.0. The zero-order valence-electron chi connectivity index (χ0n) is 20.7. The van der Waals surface area contributed by atoms with Crippen molar-refractivity contribution in [3.8, 4) is 5.75 Å². The summed E-state index contributed by atoms with van der Waals surface area (Å²) in [6.07, 6.45) is -2.17. The Balaban J connectivity index is 1.46. The number of aryl methyl sites for hydroxylation is 1. The molecule has 6 nitrogen and oxygen atoms in total. The number of amides is 1. The number of carbonyl (C=O) groups is 1. The summed E-state index contributed by atoms with van der Waals surface area (Å²) in [4.78, 5) is 28.4. The lowest BCUT2D eigenvalue weighted by Crippen LogP contribution is -2.39. The second-order valence-corrected chi connectivity index (χ2v) is 9.04. The van der Waals surface area contributed by atoms with Crippen molar-refractivity contribution in [1.82, 2.24) is 14.9 Å². The highest BCUT2D eigenvalue weighted by Crippen LogP contribution is 2.32. The molecule has 3 aromatic rings. The Morgan fingerprint density at radius 2 is 1.76 bits per heavy atom. The van der Waals surface area contributed by atoms with Crippen LogP contribution in [0.1, 0.15) is 53.9 Å². The van der Waals surface area contributed by atoms with Crippen LogP contribution in [-0.4, -0.2) is 39.6 Å². The molecular weight excluding hydrogens is 507 g/mol. The van der Waals surface area contributed by atoms with Gasteiger partial charge in [0.25, 0.3) is 0 Å². The highest BCUT2D eigenvalue weighted by Gasteiger charge is 2.31. The van der Waals surface area contributed by atoms with Crippen LogP contribution in [0.15, 0.2) is 53.8 Å². The quantitative estimate of drug-likeness (QED) is 0.228. The molecule has 2 heterocycles. The first-order chi connectivity index (χ1) is 18.0. The summed E-state index contributed by atoms with van der Waals surface area (Å²) in [6.45, 7) is 4.13. The maximum atomic E-state index is 14.0. The molecule has 1 aliphatic heterocycles. The predicted octanol–water partition coefficient (Wildman–Crippen LogP) is 5.83. The average molecular weight is 533 g/mol. The van der Waals surface area contributed by atoms with E-state index < -0.39 is 23.4 Å². The van der Waals surface area contributed by atoms with Gasteiger partial charge >= 0.3 is 6.18 Å². The third-order valence-electron chi connectivity index (χ3n) is 6.40. The van der Waals surface area contributed by atoms with Crippen LogP contribution in [0.3, 0.4) is 0 Å². The Bertz CT molecular complexity index is 1330. The number of alkyl halides is 3. The largest absolute Gasteiger partial charge is 0.416 e. The number of carbonyl (C=O) groups excluding carboxylic acids is 1. The molecule has 1 aromatic heterocycles. The Hall–Kier alpha value is -3.89. The van der Waals surface area contributed by atoms with Gasteiger partial charge in [0, 0.05) is 36.3 Å². The van der Waals surface area contributed by atoms with E-state index in [4.69, 9.17) is 4.84 Å². The molecule has 0 saturated carbocycles. The Morgan fingerprint density at radius 1 is 1.11 bits per heavy atom. The summed E-state index contributed by atoms with van der Waals surface area (Å²) in [7, 11) is 0. The van der Waals surface area contributed by atoms with Crippen LogP contribution in [0.5, 0.6) is 5.75 Å². The third kappa shape index (κ3) is 6.32. The molecule has 0 spiro atoms. The number of hydrogen-bond donors (Lipinski definition) is 0. The van der Waals surface area contributed by atoms with Crippen LogP contribution < -0.4 is 4.84 Å². The monoisotopic (exact) mass is 532 g/mol. The molecule has 0 atom stereocenters. The van der Waals surface area contributed by atoms with Crippen molar-refractivity contribution in [2.75, 3.05) is 13.1 Å². The van der Waals surface area contributed by atoms with E-state index >= 15 is 0 Å². The van der Waals surface area contributed by atoms with Crippen LogP contribution >= 0.6 is 0 Å². The summed E-state index contributed by atoms with van der Waals surface area (Å²) < 4.78 is 66.9. The number of likely N-dealkylation sites (tertiary alicyclic amines) is 1. The van der Waals surface area contributed by atoms with E-state index in [1.54, 1.807) is 24.9 Å². The van der Waals surface area contributed by atoms with Gasteiger partial charge in [0.1, 0.15) is 17.5 Å². The van der Waals surface area contributed by atoms with Crippen molar-refractivity contribution in [2.45, 2.75) is 45.2 Å². The fourth-order valence-electron chi connectivity index (χ4n) is 4.34. The smallest absolute Gasteiger partial charge is 0.357 e. The van der Waals surface area contributed by atoms with Gasteiger partial charge in [0.2, 0.25) is 5.91 Å². The number of benzene rings is 2. The summed E-state index contributed by atoms with van der Waals surface area (Å²) in [5.74, 6) is -1.46. The van der Waals surface area contributed by atoms with Gasteiger partial charge in [-0.05, 0) is 57.0 Å². The first-order valence-corrected chi connectivity index (χ1v) is 12.0. The molecular formula is C27H25F5N4O2. The highest BCUT2D eigenvalue weighted by atomic mass is 19.4. The molecule has 1 fully saturated rings. The average Bonchev–Trinajstić information content (AvgIpc) is 2.89. The van der Waals surface area contributed by atoms with Crippen LogP contribution in [0.4, 0.5) is 22.0 Å². The Labute approximate surface area is 216 Å². The van der Waals surface area contributed by atoms with Crippen LogP contribution in [-0.2, 0) is 17.4 Å². The molecule has 1 saturated heterocycles. The minimum absolute atomic E-state index is 0.0559. The molecule has 38 heavy (non-hydrogen) atoms. The van der Waals surface area contributed by atoms with Gasteiger partial charge in [0.15, 0.2) is 5.75 Å². The minimum atomic E-state index is -4.50. The van der Waals surface area contributed by atoms with E-state index in [9.17, 15) is 26.7 Å². The van der Waals surface area contributed by atoms with Gasteiger partial charge in [-0.1, -0.05) is 17.3 Å². The number of oxime groups is 1. The van der Waals surface area contributed by atoms with E-state index in [0.717, 1.165) is 24.3 Å². The minimum Gasteiger partial charge on any atom is -0.357 e. The molecule has 0 N–H and O–H groups in total. The van der Waals surface area contributed by atoms with Gasteiger partial charge in [-0.2, -0.15) is 13.2 Å². The zero-order valence-corrected chi connectivity index (χ0v) is 20.7. The summed E-state index contributed by atoms with van der Waals surface area (Å²) in [6, 6.07) is 7.91. The zero-order chi connectivity index (χ0) is 27.4. The number of aromatic nitrogens is 2. The van der Waals surface area contributed by atoms with Crippen molar-refractivity contribution >= 4 is 11.6 Å². The maximum Gasteiger partial charge on any atom is 0.416 e. The molecule has 0 radical (unpaired) electrons. The molecule has 2 aromatic carbocycles. The fraction of sp³-hybridized carbons (Fsp3) is 0.333. The van der Waals surface area contributed by atoms with Crippen molar-refractivity contribution in [3.63, 3.8) is 0 Å². The van der Waals surface area contributed by atoms with Gasteiger partial charge in [-0.25, -0.2) is 18.7 Å². The van der Waals surface area contributed by atoms with E-state index in [2.05, 4.69) is 15.1 Å². The van der Waals surface area contributed by atoms with E-state index in [1.807, 2.05) is 0 Å². The van der Waals surface area contributed by atoms with E-state index in [0.29, 0.717) is 48.7 Å². The molecule has 1 aliphatic rings. The molecule has 200 valence electrons. The molecule has 1 amide bonds. The van der Waals surface area contributed by atoms with E-state index in [-0.39, 0.29) is 29.6 Å². The van der Waals surface area contributed by atoms with Gasteiger partial charge in [0.05, 0.1) is 23.4 Å². The Morgan fingerprint density at radius 3 is 2.42 bits per heavy atom. The van der Waals surface area contributed by atoms with Gasteiger partial charge < -0.3 is 9.74 Å². The molecule has 11 heteroatoms. The lowest BCUT2D eigenvalue weighted by atomic mass is 9.89. The number of halogens is 5. The molecule has 0 unspecified atom stereocenters.